The molecule has 1 aromatic heterocycles. The zero-order chi connectivity index (χ0) is 22.4. The SMILES string of the molecule is CC(C)c1nc(NC(=O)CCN2C(=O)c3ccccc3N3C(=O)c4ccccc4[C@H]23)n[nH]1. The number of anilines is 2. The van der Waals surface area contributed by atoms with Crippen molar-refractivity contribution in [2.75, 3.05) is 16.8 Å². The Morgan fingerprint density at radius 1 is 1.06 bits per heavy atom. The fourth-order valence-electron chi connectivity index (χ4n) is 4.20. The van der Waals surface area contributed by atoms with Gasteiger partial charge in [0, 0.05) is 30.0 Å². The molecular weight excluding hydrogens is 408 g/mol. The number of carbonyl (C=O) groups excluding carboxylic acids is 3. The first-order valence-corrected chi connectivity index (χ1v) is 10.5. The highest BCUT2D eigenvalue weighted by Gasteiger charge is 2.47. The molecule has 32 heavy (non-hydrogen) atoms. The summed E-state index contributed by atoms with van der Waals surface area (Å²) in [5.41, 5.74) is 2.36. The average molecular weight is 430 g/mol. The number of nitrogens with zero attached hydrogens (tertiary/aromatic N) is 4. The van der Waals surface area contributed by atoms with Crippen LogP contribution in [-0.4, -0.2) is 44.3 Å². The van der Waals surface area contributed by atoms with Gasteiger partial charge in [-0.1, -0.05) is 44.2 Å². The van der Waals surface area contributed by atoms with Gasteiger partial charge in [-0.2, -0.15) is 4.98 Å². The predicted octanol–water partition coefficient (Wildman–Crippen LogP) is 3.07. The van der Waals surface area contributed by atoms with E-state index in [4.69, 9.17) is 0 Å². The molecule has 0 bridgehead atoms. The molecule has 3 amide bonds. The van der Waals surface area contributed by atoms with Crippen molar-refractivity contribution in [1.82, 2.24) is 20.1 Å². The summed E-state index contributed by atoms with van der Waals surface area (Å²) in [6.07, 6.45) is -0.537. The Morgan fingerprint density at radius 3 is 2.53 bits per heavy atom. The average Bonchev–Trinajstić information content (AvgIpc) is 3.37. The van der Waals surface area contributed by atoms with Gasteiger partial charge in [-0.05, 0) is 18.2 Å². The molecule has 9 nitrogen and oxygen atoms in total. The maximum absolute atomic E-state index is 13.4. The first-order valence-electron chi connectivity index (χ1n) is 10.5. The first kappa shape index (κ1) is 19.9. The van der Waals surface area contributed by atoms with Crippen molar-refractivity contribution in [2.45, 2.75) is 32.4 Å². The molecule has 0 radical (unpaired) electrons. The van der Waals surface area contributed by atoms with E-state index in [0.717, 1.165) is 5.56 Å². The summed E-state index contributed by atoms with van der Waals surface area (Å²) >= 11 is 0. The number of hydrogen-bond donors (Lipinski definition) is 2. The van der Waals surface area contributed by atoms with E-state index in [9.17, 15) is 14.4 Å². The minimum absolute atomic E-state index is 0.0418. The molecule has 0 spiro atoms. The number of amides is 3. The lowest BCUT2D eigenvalue weighted by Crippen LogP contribution is -2.49. The van der Waals surface area contributed by atoms with Gasteiger partial charge in [0.2, 0.25) is 11.9 Å². The van der Waals surface area contributed by atoms with Gasteiger partial charge in [-0.25, -0.2) is 0 Å². The van der Waals surface area contributed by atoms with Crippen LogP contribution in [0.2, 0.25) is 0 Å². The van der Waals surface area contributed by atoms with E-state index in [1.807, 2.05) is 38.1 Å². The fraction of sp³-hybridized carbons (Fsp3) is 0.261. The summed E-state index contributed by atoms with van der Waals surface area (Å²) in [5.74, 6) is 0.373. The third kappa shape index (κ3) is 3.13. The van der Waals surface area contributed by atoms with Gasteiger partial charge < -0.3 is 4.90 Å². The summed E-state index contributed by atoms with van der Waals surface area (Å²) in [6.45, 7) is 4.08. The quantitative estimate of drug-likeness (QED) is 0.646. The van der Waals surface area contributed by atoms with Gasteiger partial charge in [-0.15, -0.1) is 5.10 Å². The Morgan fingerprint density at radius 2 is 1.78 bits per heavy atom. The number of rotatable bonds is 5. The number of para-hydroxylation sites is 1. The number of fused-ring (bicyclic) bond motifs is 5. The van der Waals surface area contributed by atoms with Crippen molar-refractivity contribution in [2.24, 2.45) is 0 Å². The van der Waals surface area contributed by atoms with E-state index < -0.39 is 6.17 Å². The summed E-state index contributed by atoms with van der Waals surface area (Å²) in [7, 11) is 0. The second kappa shape index (κ2) is 7.60. The van der Waals surface area contributed by atoms with Crippen LogP contribution in [-0.2, 0) is 4.79 Å². The monoisotopic (exact) mass is 430 g/mol. The largest absolute Gasteiger partial charge is 0.313 e. The molecule has 1 atom stereocenters. The molecule has 0 saturated carbocycles. The number of H-pyrrole nitrogens is 1. The molecule has 3 heterocycles. The van der Waals surface area contributed by atoms with Crippen LogP contribution < -0.4 is 10.2 Å². The van der Waals surface area contributed by atoms with E-state index in [1.54, 1.807) is 34.1 Å². The van der Waals surface area contributed by atoms with Crippen LogP contribution in [0.4, 0.5) is 11.6 Å². The molecule has 0 saturated heterocycles. The molecule has 2 aliphatic heterocycles. The molecule has 2 aliphatic rings. The van der Waals surface area contributed by atoms with Gasteiger partial charge in [-0.3, -0.25) is 29.7 Å². The molecule has 2 N–H and O–H groups in total. The van der Waals surface area contributed by atoms with E-state index >= 15 is 0 Å². The zero-order valence-corrected chi connectivity index (χ0v) is 17.7. The minimum Gasteiger partial charge on any atom is -0.313 e. The number of carbonyl (C=O) groups is 3. The molecule has 9 heteroatoms. The number of benzene rings is 2. The predicted molar refractivity (Wildman–Crippen MR) is 117 cm³/mol. The van der Waals surface area contributed by atoms with E-state index in [0.29, 0.717) is 22.6 Å². The van der Waals surface area contributed by atoms with Crippen LogP contribution in [0.3, 0.4) is 0 Å². The summed E-state index contributed by atoms with van der Waals surface area (Å²) in [6, 6.07) is 14.3. The van der Waals surface area contributed by atoms with Gasteiger partial charge in [0.1, 0.15) is 12.0 Å². The second-order valence-corrected chi connectivity index (χ2v) is 8.15. The van der Waals surface area contributed by atoms with Crippen molar-refractivity contribution in [3.05, 3.63) is 71.0 Å². The molecule has 3 aromatic rings. The molecule has 162 valence electrons. The van der Waals surface area contributed by atoms with E-state index in [2.05, 4.69) is 20.5 Å². The molecular formula is C23H22N6O3. The maximum Gasteiger partial charge on any atom is 0.260 e. The Labute approximate surface area is 184 Å². The highest BCUT2D eigenvalue weighted by molar-refractivity contribution is 6.16. The Balaban J connectivity index is 1.41. The normalized spacial score (nSPS) is 16.8. The number of hydrogen-bond acceptors (Lipinski definition) is 5. The number of nitrogens with one attached hydrogen (secondary N) is 2. The summed E-state index contributed by atoms with van der Waals surface area (Å²) in [5, 5.41) is 9.47. The van der Waals surface area contributed by atoms with Crippen LogP contribution in [0.1, 0.15) is 64.5 Å². The van der Waals surface area contributed by atoms with Crippen LogP contribution in [0.15, 0.2) is 48.5 Å². The Kier molecular flexibility index (Phi) is 4.73. The fourth-order valence-corrected chi connectivity index (χ4v) is 4.20. The Bertz CT molecular complexity index is 1230. The Hall–Kier alpha value is -4.01. The van der Waals surface area contributed by atoms with Gasteiger partial charge >= 0.3 is 0 Å². The standard InChI is InChI=1S/C23H22N6O3/c1-13(2)19-25-23(27-26-19)24-18(30)11-12-28-20-14-7-3-4-8-15(14)22(32)29(20)17-10-6-5-9-16(17)21(28)31/h3-10,13,20H,11-12H2,1-2H3,(H2,24,25,26,27,30)/t20-/m1/s1. The van der Waals surface area contributed by atoms with Crippen molar-refractivity contribution in [3.8, 4) is 0 Å². The van der Waals surface area contributed by atoms with Crippen LogP contribution >= 0.6 is 0 Å². The maximum atomic E-state index is 13.4. The van der Waals surface area contributed by atoms with Gasteiger partial charge in [0.15, 0.2) is 0 Å². The van der Waals surface area contributed by atoms with Crippen molar-refractivity contribution in [3.63, 3.8) is 0 Å². The van der Waals surface area contributed by atoms with Crippen LogP contribution in [0.5, 0.6) is 0 Å². The van der Waals surface area contributed by atoms with Crippen LogP contribution in [0.25, 0.3) is 0 Å². The van der Waals surface area contributed by atoms with Crippen molar-refractivity contribution in [1.29, 1.82) is 0 Å². The lowest BCUT2D eigenvalue weighted by Gasteiger charge is -2.40. The smallest absolute Gasteiger partial charge is 0.260 e. The number of aromatic nitrogens is 3. The van der Waals surface area contributed by atoms with Crippen LogP contribution in [0, 0.1) is 0 Å². The van der Waals surface area contributed by atoms with Crippen molar-refractivity contribution >= 4 is 29.4 Å². The summed E-state index contributed by atoms with van der Waals surface area (Å²) < 4.78 is 0. The third-order valence-electron chi connectivity index (χ3n) is 5.76. The van der Waals surface area contributed by atoms with E-state index in [-0.39, 0.29) is 42.6 Å². The lowest BCUT2D eigenvalue weighted by atomic mass is 10.0. The van der Waals surface area contributed by atoms with E-state index in [1.165, 1.54) is 0 Å². The van der Waals surface area contributed by atoms with Gasteiger partial charge in [0.05, 0.1) is 11.3 Å². The second-order valence-electron chi connectivity index (χ2n) is 8.15. The lowest BCUT2D eigenvalue weighted by molar-refractivity contribution is -0.116. The molecule has 0 fully saturated rings. The molecule has 2 aromatic carbocycles. The van der Waals surface area contributed by atoms with Gasteiger partial charge in [0.25, 0.3) is 11.8 Å². The minimum atomic E-state index is -0.579. The summed E-state index contributed by atoms with van der Waals surface area (Å²) in [4.78, 5) is 46.6. The molecule has 0 unspecified atom stereocenters. The highest BCUT2D eigenvalue weighted by Crippen LogP contribution is 2.45. The molecule has 5 rings (SSSR count). The first-order chi connectivity index (χ1) is 15.5. The topological polar surface area (TPSA) is 111 Å². The third-order valence-corrected chi connectivity index (χ3v) is 5.76. The zero-order valence-electron chi connectivity index (χ0n) is 17.7. The van der Waals surface area contributed by atoms with Crippen molar-refractivity contribution < 1.29 is 14.4 Å². The number of aromatic amines is 1. The molecule has 0 aliphatic carbocycles. The highest BCUT2D eigenvalue weighted by atomic mass is 16.2.